The lowest BCUT2D eigenvalue weighted by Gasteiger charge is -2.19. The van der Waals surface area contributed by atoms with Crippen molar-refractivity contribution in [1.29, 1.82) is 0 Å². The molecule has 0 aliphatic rings. The van der Waals surface area contributed by atoms with E-state index in [9.17, 15) is 4.39 Å². The number of hydrogen-bond donors (Lipinski definition) is 1. The van der Waals surface area contributed by atoms with Crippen molar-refractivity contribution in [2.24, 2.45) is 5.92 Å². The molecule has 0 spiro atoms. The van der Waals surface area contributed by atoms with E-state index in [1.54, 1.807) is 12.1 Å². The summed E-state index contributed by atoms with van der Waals surface area (Å²) in [5.74, 6) is 0.591. The molecule has 1 unspecified atom stereocenters. The van der Waals surface area contributed by atoms with E-state index in [4.69, 9.17) is 4.74 Å². The molecule has 1 N–H and O–H groups in total. The smallest absolute Gasteiger partial charge is 0.165 e. The highest BCUT2D eigenvalue weighted by atomic mass is 79.9. The van der Waals surface area contributed by atoms with E-state index in [1.807, 2.05) is 6.92 Å². The highest BCUT2D eigenvalue weighted by Crippen LogP contribution is 2.23. The zero-order valence-electron chi connectivity index (χ0n) is 11.2. The van der Waals surface area contributed by atoms with Crippen LogP contribution < -0.4 is 10.1 Å². The lowest BCUT2D eigenvalue weighted by molar-refractivity contribution is 0.184. The molecule has 1 rings (SSSR count). The first-order valence-corrected chi connectivity index (χ1v) is 7.14. The number of benzene rings is 1. The van der Waals surface area contributed by atoms with Crippen molar-refractivity contribution in [2.45, 2.75) is 33.3 Å². The van der Waals surface area contributed by atoms with Gasteiger partial charge < -0.3 is 10.1 Å². The molecular weight excluding hydrogens is 297 g/mol. The Morgan fingerprint density at radius 2 is 2.06 bits per heavy atom. The maximum atomic E-state index is 13.6. The van der Waals surface area contributed by atoms with Crippen molar-refractivity contribution in [3.63, 3.8) is 0 Å². The van der Waals surface area contributed by atoms with E-state index in [2.05, 4.69) is 35.1 Å². The van der Waals surface area contributed by atoms with Crippen molar-refractivity contribution >= 4 is 15.9 Å². The molecule has 102 valence electrons. The van der Waals surface area contributed by atoms with Gasteiger partial charge in [-0.1, -0.05) is 36.7 Å². The van der Waals surface area contributed by atoms with E-state index < -0.39 is 0 Å². The molecule has 0 bridgehead atoms. The second-order valence-corrected chi connectivity index (χ2v) is 5.69. The van der Waals surface area contributed by atoms with Crippen LogP contribution in [0, 0.1) is 11.7 Å². The van der Waals surface area contributed by atoms with Crippen LogP contribution in [-0.2, 0) is 0 Å². The summed E-state index contributed by atoms with van der Waals surface area (Å²) in [5.41, 5.74) is 0. The van der Waals surface area contributed by atoms with Gasteiger partial charge in [-0.05, 0) is 37.1 Å². The molecule has 0 amide bonds. The monoisotopic (exact) mass is 317 g/mol. The third kappa shape index (κ3) is 5.36. The second-order valence-electron chi connectivity index (χ2n) is 4.77. The molecule has 1 atom stereocenters. The van der Waals surface area contributed by atoms with Crippen molar-refractivity contribution < 1.29 is 9.13 Å². The van der Waals surface area contributed by atoms with Crippen LogP contribution in [0.3, 0.4) is 0 Å². The molecule has 0 heterocycles. The molecule has 0 fully saturated rings. The zero-order chi connectivity index (χ0) is 13.5. The normalized spacial score (nSPS) is 12.8. The SMILES string of the molecule is CCC(CNCC(C)C)Oc1cc(Br)ccc1F. The average Bonchev–Trinajstić information content (AvgIpc) is 2.32. The summed E-state index contributed by atoms with van der Waals surface area (Å²) in [6.45, 7) is 8.03. The van der Waals surface area contributed by atoms with Gasteiger partial charge in [0.05, 0.1) is 0 Å². The van der Waals surface area contributed by atoms with Gasteiger partial charge in [-0.25, -0.2) is 4.39 Å². The fraction of sp³-hybridized carbons (Fsp3) is 0.571. The van der Waals surface area contributed by atoms with Crippen molar-refractivity contribution in [3.05, 3.63) is 28.5 Å². The van der Waals surface area contributed by atoms with Gasteiger partial charge in [0.1, 0.15) is 6.10 Å². The molecule has 1 aromatic carbocycles. The highest BCUT2D eigenvalue weighted by Gasteiger charge is 2.11. The highest BCUT2D eigenvalue weighted by molar-refractivity contribution is 9.10. The maximum Gasteiger partial charge on any atom is 0.165 e. The van der Waals surface area contributed by atoms with Crippen LogP contribution >= 0.6 is 15.9 Å². The quantitative estimate of drug-likeness (QED) is 0.821. The number of nitrogens with one attached hydrogen (secondary N) is 1. The third-order valence-electron chi connectivity index (χ3n) is 2.57. The largest absolute Gasteiger partial charge is 0.486 e. The Bertz CT molecular complexity index is 371. The summed E-state index contributed by atoms with van der Waals surface area (Å²) in [4.78, 5) is 0. The Morgan fingerprint density at radius 1 is 1.33 bits per heavy atom. The Kier molecular flexibility index (Phi) is 6.65. The summed E-state index contributed by atoms with van der Waals surface area (Å²) in [5, 5.41) is 3.33. The fourth-order valence-corrected chi connectivity index (χ4v) is 1.89. The second kappa shape index (κ2) is 7.74. The minimum Gasteiger partial charge on any atom is -0.486 e. The zero-order valence-corrected chi connectivity index (χ0v) is 12.8. The van der Waals surface area contributed by atoms with E-state index >= 15 is 0 Å². The Balaban J connectivity index is 2.54. The lowest BCUT2D eigenvalue weighted by Crippen LogP contribution is -2.33. The molecule has 1 aromatic rings. The first-order valence-electron chi connectivity index (χ1n) is 6.35. The summed E-state index contributed by atoms with van der Waals surface area (Å²) >= 11 is 3.32. The summed E-state index contributed by atoms with van der Waals surface area (Å²) in [6.07, 6.45) is 0.837. The molecule has 18 heavy (non-hydrogen) atoms. The minimum atomic E-state index is -0.319. The molecule has 0 aliphatic carbocycles. The first kappa shape index (κ1) is 15.4. The predicted octanol–water partition coefficient (Wildman–Crippen LogP) is 3.99. The van der Waals surface area contributed by atoms with Crippen LogP contribution in [0.4, 0.5) is 4.39 Å². The van der Waals surface area contributed by atoms with E-state index in [-0.39, 0.29) is 11.9 Å². The average molecular weight is 318 g/mol. The van der Waals surface area contributed by atoms with Gasteiger partial charge in [-0.15, -0.1) is 0 Å². The number of ether oxygens (including phenoxy) is 1. The van der Waals surface area contributed by atoms with Crippen molar-refractivity contribution in [1.82, 2.24) is 5.32 Å². The number of hydrogen-bond acceptors (Lipinski definition) is 2. The van der Waals surface area contributed by atoms with Crippen LogP contribution in [0.2, 0.25) is 0 Å². The first-order chi connectivity index (χ1) is 8.52. The molecule has 0 radical (unpaired) electrons. The Hall–Kier alpha value is -0.610. The standard InChI is InChI=1S/C14H21BrFNO/c1-4-12(9-17-8-10(2)3)18-14-7-11(15)5-6-13(14)16/h5-7,10,12,17H,4,8-9H2,1-3H3. The van der Waals surface area contributed by atoms with Crippen LogP contribution in [0.25, 0.3) is 0 Å². The van der Waals surface area contributed by atoms with Gasteiger partial charge in [0.2, 0.25) is 0 Å². The molecule has 0 aromatic heterocycles. The third-order valence-corrected chi connectivity index (χ3v) is 3.06. The molecule has 4 heteroatoms. The van der Waals surface area contributed by atoms with Crippen molar-refractivity contribution in [3.8, 4) is 5.75 Å². The summed E-state index contributed by atoms with van der Waals surface area (Å²) in [6, 6.07) is 4.74. The number of rotatable bonds is 7. The Morgan fingerprint density at radius 3 is 2.67 bits per heavy atom. The van der Waals surface area contributed by atoms with E-state index in [0.717, 1.165) is 24.0 Å². The van der Waals surface area contributed by atoms with Crippen LogP contribution in [0.15, 0.2) is 22.7 Å². The van der Waals surface area contributed by atoms with Gasteiger partial charge in [0.25, 0.3) is 0 Å². The Labute approximate surface area is 117 Å². The van der Waals surface area contributed by atoms with E-state index in [1.165, 1.54) is 6.07 Å². The van der Waals surface area contributed by atoms with Gasteiger partial charge in [-0.2, -0.15) is 0 Å². The predicted molar refractivity (Wildman–Crippen MR) is 76.5 cm³/mol. The number of halogens is 2. The topological polar surface area (TPSA) is 21.3 Å². The van der Waals surface area contributed by atoms with Gasteiger partial charge >= 0.3 is 0 Å². The summed E-state index contributed by atoms with van der Waals surface area (Å²) < 4.78 is 20.1. The van der Waals surface area contributed by atoms with Gasteiger partial charge in [0, 0.05) is 11.0 Å². The van der Waals surface area contributed by atoms with E-state index in [0.29, 0.717) is 11.7 Å². The summed E-state index contributed by atoms with van der Waals surface area (Å²) in [7, 11) is 0. The molecular formula is C14H21BrFNO. The van der Waals surface area contributed by atoms with Crippen LogP contribution in [0.5, 0.6) is 5.75 Å². The maximum absolute atomic E-state index is 13.6. The van der Waals surface area contributed by atoms with Crippen molar-refractivity contribution in [2.75, 3.05) is 13.1 Å². The molecule has 0 aliphatic heterocycles. The molecule has 0 saturated heterocycles. The van der Waals surface area contributed by atoms with Crippen LogP contribution in [-0.4, -0.2) is 19.2 Å². The fourth-order valence-electron chi connectivity index (χ4n) is 1.55. The molecule has 0 saturated carbocycles. The van der Waals surface area contributed by atoms with Gasteiger partial charge in [-0.3, -0.25) is 0 Å². The van der Waals surface area contributed by atoms with Crippen LogP contribution in [0.1, 0.15) is 27.2 Å². The van der Waals surface area contributed by atoms with Gasteiger partial charge in [0.15, 0.2) is 11.6 Å². The minimum absolute atomic E-state index is 0.00690. The molecule has 2 nitrogen and oxygen atoms in total. The lowest BCUT2D eigenvalue weighted by atomic mass is 10.2.